The van der Waals surface area contributed by atoms with Gasteiger partial charge in [-0.1, -0.05) is 6.92 Å². The molecular weight excluding hydrogens is 228 g/mol. The molecule has 0 aromatic carbocycles. The Bertz CT molecular complexity index is 292. The fourth-order valence-corrected chi connectivity index (χ4v) is 2.82. The zero-order valence-electron chi connectivity index (χ0n) is 11.7. The van der Waals surface area contributed by atoms with E-state index in [1.807, 2.05) is 0 Å². The molecule has 18 heavy (non-hydrogen) atoms. The van der Waals surface area contributed by atoms with Crippen LogP contribution in [-0.4, -0.2) is 49.7 Å². The third-order valence-electron chi connectivity index (χ3n) is 4.38. The average molecular weight is 254 g/mol. The maximum Gasteiger partial charge on any atom is 0.326 e. The summed E-state index contributed by atoms with van der Waals surface area (Å²) in [7, 11) is 1.51. The van der Waals surface area contributed by atoms with Crippen molar-refractivity contribution in [3.8, 4) is 0 Å². The molecule has 1 unspecified atom stereocenters. The molecule has 4 heteroatoms. The highest BCUT2D eigenvalue weighted by Crippen LogP contribution is 2.30. The van der Waals surface area contributed by atoms with E-state index in [-0.39, 0.29) is 5.97 Å². The maximum atomic E-state index is 12.2. The van der Waals surface area contributed by atoms with Crippen LogP contribution >= 0.6 is 0 Å². The minimum absolute atomic E-state index is 0.0684. The minimum atomic E-state index is -0.429. The zero-order valence-corrected chi connectivity index (χ0v) is 11.7. The van der Waals surface area contributed by atoms with Crippen LogP contribution in [0.5, 0.6) is 0 Å². The average Bonchev–Trinajstić information content (AvgIpc) is 3.22. The molecule has 1 saturated heterocycles. The summed E-state index contributed by atoms with van der Waals surface area (Å²) in [6, 6.07) is 0. The van der Waals surface area contributed by atoms with Crippen molar-refractivity contribution in [3.63, 3.8) is 0 Å². The Kier molecular flexibility index (Phi) is 4.62. The first-order valence-corrected chi connectivity index (χ1v) is 7.26. The van der Waals surface area contributed by atoms with Crippen molar-refractivity contribution in [2.75, 3.05) is 33.3 Å². The molecule has 1 atom stereocenters. The Balaban J connectivity index is 2.00. The van der Waals surface area contributed by atoms with E-state index in [0.29, 0.717) is 0 Å². The molecule has 1 saturated carbocycles. The summed E-state index contributed by atoms with van der Waals surface area (Å²) in [5.41, 5.74) is -0.429. The molecule has 104 valence electrons. The number of carbonyl (C=O) groups is 1. The molecule has 0 spiro atoms. The molecule has 0 aromatic heterocycles. The summed E-state index contributed by atoms with van der Waals surface area (Å²) in [6.45, 7) is 6.31. The van der Waals surface area contributed by atoms with Crippen LogP contribution in [0.4, 0.5) is 0 Å². The van der Waals surface area contributed by atoms with Crippen molar-refractivity contribution < 1.29 is 9.53 Å². The van der Waals surface area contributed by atoms with Gasteiger partial charge in [-0.3, -0.25) is 4.79 Å². The summed E-state index contributed by atoms with van der Waals surface area (Å²) < 4.78 is 5.05. The lowest BCUT2D eigenvalue weighted by molar-refractivity contribution is -0.149. The van der Waals surface area contributed by atoms with Crippen molar-refractivity contribution in [1.29, 1.82) is 0 Å². The highest BCUT2D eigenvalue weighted by atomic mass is 16.5. The number of likely N-dealkylation sites (tertiary alicyclic amines) is 1. The Hall–Kier alpha value is -0.610. The lowest BCUT2D eigenvalue weighted by Crippen LogP contribution is -2.53. The van der Waals surface area contributed by atoms with Crippen LogP contribution in [0.25, 0.3) is 0 Å². The monoisotopic (exact) mass is 254 g/mol. The lowest BCUT2D eigenvalue weighted by Gasteiger charge is -2.31. The molecule has 2 fully saturated rings. The number of methoxy groups -OCH3 is 1. The first-order chi connectivity index (χ1) is 8.70. The Morgan fingerprint density at radius 1 is 1.39 bits per heavy atom. The van der Waals surface area contributed by atoms with Crippen molar-refractivity contribution in [2.45, 2.75) is 44.6 Å². The third-order valence-corrected chi connectivity index (χ3v) is 4.38. The maximum absolute atomic E-state index is 12.2. The van der Waals surface area contributed by atoms with Crippen LogP contribution in [0, 0.1) is 5.92 Å². The number of ether oxygens (including phenoxy) is 1. The third kappa shape index (κ3) is 3.23. The van der Waals surface area contributed by atoms with E-state index >= 15 is 0 Å². The van der Waals surface area contributed by atoms with Gasteiger partial charge >= 0.3 is 5.97 Å². The molecule has 0 amide bonds. The van der Waals surface area contributed by atoms with Crippen molar-refractivity contribution in [1.82, 2.24) is 10.2 Å². The van der Waals surface area contributed by atoms with Gasteiger partial charge in [0.25, 0.3) is 0 Å². The smallest absolute Gasteiger partial charge is 0.326 e. The van der Waals surface area contributed by atoms with Gasteiger partial charge in [-0.2, -0.15) is 0 Å². The summed E-state index contributed by atoms with van der Waals surface area (Å²) >= 11 is 0. The van der Waals surface area contributed by atoms with Gasteiger partial charge in [-0.05, 0) is 57.7 Å². The van der Waals surface area contributed by atoms with Gasteiger partial charge in [0.2, 0.25) is 0 Å². The number of nitrogens with one attached hydrogen (secondary N) is 1. The van der Waals surface area contributed by atoms with Crippen LogP contribution in [0.2, 0.25) is 0 Å². The van der Waals surface area contributed by atoms with Gasteiger partial charge in [-0.15, -0.1) is 0 Å². The molecule has 0 aromatic rings. The topological polar surface area (TPSA) is 41.6 Å². The number of rotatable bonds is 5. The van der Waals surface area contributed by atoms with Gasteiger partial charge in [0.15, 0.2) is 0 Å². The zero-order chi connectivity index (χ0) is 13.0. The molecule has 2 rings (SSSR count). The van der Waals surface area contributed by atoms with E-state index in [1.165, 1.54) is 20.0 Å². The van der Waals surface area contributed by atoms with Crippen molar-refractivity contribution in [3.05, 3.63) is 0 Å². The molecule has 4 nitrogen and oxygen atoms in total. The van der Waals surface area contributed by atoms with Crippen molar-refractivity contribution >= 4 is 5.97 Å². The Labute approximate surface area is 110 Å². The molecule has 1 aliphatic heterocycles. The molecule has 2 aliphatic rings. The van der Waals surface area contributed by atoms with Gasteiger partial charge in [0.05, 0.1) is 7.11 Å². The number of hydrogen-bond donors (Lipinski definition) is 1. The quantitative estimate of drug-likeness (QED) is 0.753. The van der Waals surface area contributed by atoms with E-state index in [1.54, 1.807) is 0 Å². The highest BCUT2D eigenvalue weighted by molar-refractivity contribution is 5.80. The largest absolute Gasteiger partial charge is 0.468 e. The van der Waals surface area contributed by atoms with Crippen molar-refractivity contribution in [2.24, 2.45) is 5.92 Å². The second-order valence-corrected chi connectivity index (χ2v) is 5.69. The second kappa shape index (κ2) is 6.02. The first kappa shape index (κ1) is 13.8. The molecule has 1 N–H and O–H groups in total. The van der Waals surface area contributed by atoms with Crippen LogP contribution in [0.3, 0.4) is 0 Å². The van der Waals surface area contributed by atoms with E-state index < -0.39 is 5.54 Å². The number of carbonyl (C=O) groups excluding carboxylic acids is 1. The first-order valence-electron chi connectivity index (χ1n) is 7.26. The summed E-state index contributed by atoms with van der Waals surface area (Å²) in [6.07, 6.45) is 5.47. The molecule has 0 bridgehead atoms. The summed E-state index contributed by atoms with van der Waals surface area (Å²) in [4.78, 5) is 14.6. The highest BCUT2D eigenvalue weighted by Gasteiger charge is 2.41. The van der Waals surface area contributed by atoms with Gasteiger partial charge in [0.1, 0.15) is 5.54 Å². The van der Waals surface area contributed by atoms with E-state index in [2.05, 4.69) is 17.1 Å². The number of nitrogens with zero attached hydrogens (tertiary/aromatic N) is 1. The molecule has 1 aliphatic carbocycles. The van der Waals surface area contributed by atoms with Crippen LogP contribution in [-0.2, 0) is 9.53 Å². The SMILES string of the molecule is CCN1CCCC(NCC2CC2)(C(=O)OC)CC1. The van der Waals surface area contributed by atoms with Gasteiger partial charge in [0, 0.05) is 6.54 Å². The molecule has 1 heterocycles. The Morgan fingerprint density at radius 3 is 2.78 bits per heavy atom. The van der Waals surface area contributed by atoms with Crippen LogP contribution in [0.15, 0.2) is 0 Å². The normalized spacial score (nSPS) is 29.9. The van der Waals surface area contributed by atoms with E-state index in [4.69, 9.17) is 4.74 Å². The van der Waals surface area contributed by atoms with Crippen LogP contribution < -0.4 is 5.32 Å². The summed E-state index contributed by atoms with van der Waals surface area (Å²) in [5.74, 6) is 0.721. The van der Waals surface area contributed by atoms with Gasteiger partial charge in [-0.25, -0.2) is 0 Å². The fourth-order valence-electron chi connectivity index (χ4n) is 2.82. The minimum Gasteiger partial charge on any atom is -0.468 e. The standard InChI is InChI=1S/C14H26N2O2/c1-3-16-9-4-7-14(8-10-16,13(17)18-2)15-11-12-5-6-12/h12,15H,3-11H2,1-2H3. The second-order valence-electron chi connectivity index (χ2n) is 5.69. The number of esters is 1. The summed E-state index contributed by atoms with van der Waals surface area (Å²) in [5, 5.41) is 3.53. The Morgan fingerprint density at radius 2 is 2.17 bits per heavy atom. The molecular formula is C14H26N2O2. The number of hydrogen-bond acceptors (Lipinski definition) is 4. The van der Waals surface area contributed by atoms with E-state index in [9.17, 15) is 4.79 Å². The predicted octanol–water partition coefficient (Wildman–Crippen LogP) is 1.40. The van der Waals surface area contributed by atoms with Crippen LogP contribution in [0.1, 0.15) is 39.0 Å². The lowest BCUT2D eigenvalue weighted by atomic mass is 9.90. The fraction of sp³-hybridized carbons (Fsp3) is 0.929. The molecule has 0 radical (unpaired) electrons. The van der Waals surface area contributed by atoms with Gasteiger partial charge < -0.3 is 15.0 Å². The predicted molar refractivity (Wildman–Crippen MR) is 71.4 cm³/mol. The van der Waals surface area contributed by atoms with E-state index in [0.717, 1.165) is 51.4 Å².